The largest absolute Gasteiger partial charge is 0.393 e. The lowest BCUT2D eigenvalue weighted by atomic mass is 10.2. The Kier molecular flexibility index (Phi) is 4.02. The van der Waals surface area contributed by atoms with Crippen LogP contribution in [0.2, 0.25) is 0 Å². The van der Waals surface area contributed by atoms with Gasteiger partial charge in [0.2, 0.25) is 0 Å². The van der Waals surface area contributed by atoms with Gasteiger partial charge < -0.3 is 15.7 Å². The Balaban J connectivity index is 2.03. The second kappa shape index (κ2) is 5.52. The highest BCUT2D eigenvalue weighted by Crippen LogP contribution is 2.31. The van der Waals surface area contributed by atoms with Gasteiger partial charge in [-0.05, 0) is 43.9 Å². The molecule has 0 aliphatic heterocycles. The Bertz CT molecular complexity index is 344. The fourth-order valence-electron chi connectivity index (χ4n) is 2.06. The molecule has 3 heteroatoms. The normalized spacial score (nSPS) is 16.9. The molecule has 1 atom stereocenters. The van der Waals surface area contributed by atoms with E-state index in [-0.39, 0.29) is 6.10 Å². The third-order valence-corrected chi connectivity index (χ3v) is 3.28. The first-order chi connectivity index (χ1) is 8.20. The molecule has 1 aliphatic rings. The van der Waals surface area contributed by atoms with E-state index in [9.17, 15) is 5.11 Å². The summed E-state index contributed by atoms with van der Waals surface area (Å²) < 4.78 is 0. The molecule has 1 unspecified atom stereocenters. The van der Waals surface area contributed by atoms with Crippen molar-refractivity contribution in [3.8, 4) is 0 Å². The average molecular weight is 234 g/mol. The van der Waals surface area contributed by atoms with E-state index in [4.69, 9.17) is 5.73 Å². The highest BCUT2D eigenvalue weighted by atomic mass is 16.3. The van der Waals surface area contributed by atoms with Gasteiger partial charge in [-0.15, -0.1) is 0 Å². The summed E-state index contributed by atoms with van der Waals surface area (Å²) in [7, 11) is 0. The maximum atomic E-state index is 9.39. The van der Waals surface area contributed by atoms with E-state index in [1.807, 2.05) is 6.92 Å². The van der Waals surface area contributed by atoms with Crippen LogP contribution in [0.4, 0.5) is 5.69 Å². The SMILES string of the molecule is CC(O)CCN(c1ccc(CN)cc1)C1CC1. The number of aliphatic hydroxyl groups excluding tert-OH is 1. The second-order valence-electron chi connectivity index (χ2n) is 4.93. The Hall–Kier alpha value is -1.06. The molecule has 0 aromatic heterocycles. The molecule has 0 heterocycles. The Morgan fingerprint density at radius 1 is 1.35 bits per heavy atom. The maximum Gasteiger partial charge on any atom is 0.0528 e. The van der Waals surface area contributed by atoms with Gasteiger partial charge in [0.1, 0.15) is 0 Å². The van der Waals surface area contributed by atoms with Crippen molar-refractivity contribution in [2.45, 2.75) is 44.9 Å². The van der Waals surface area contributed by atoms with E-state index in [1.165, 1.54) is 24.1 Å². The minimum Gasteiger partial charge on any atom is -0.393 e. The summed E-state index contributed by atoms with van der Waals surface area (Å²) in [6, 6.07) is 9.14. The number of aliphatic hydroxyl groups is 1. The lowest BCUT2D eigenvalue weighted by Crippen LogP contribution is -2.28. The molecule has 3 N–H and O–H groups in total. The van der Waals surface area contributed by atoms with E-state index < -0.39 is 0 Å². The zero-order chi connectivity index (χ0) is 12.3. The molecular formula is C14H22N2O. The summed E-state index contributed by atoms with van der Waals surface area (Å²) in [5.41, 5.74) is 8.02. The molecule has 0 spiro atoms. The molecule has 1 aromatic rings. The molecule has 17 heavy (non-hydrogen) atoms. The Morgan fingerprint density at radius 2 is 2.00 bits per heavy atom. The highest BCUT2D eigenvalue weighted by molar-refractivity contribution is 5.49. The molecule has 1 saturated carbocycles. The van der Waals surface area contributed by atoms with Crippen LogP contribution in [0.15, 0.2) is 24.3 Å². The maximum absolute atomic E-state index is 9.39. The molecule has 2 rings (SSSR count). The predicted octanol–water partition coefficient (Wildman–Crippen LogP) is 1.89. The smallest absolute Gasteiger partial charge is 0.0528 e. The minimum atomic E-state index is -0.223. The van der Waals surface area contributed by atoms with Crippen LogP contribution >= 0.6 is 0 Å². The van der Waals surface area contributed by atoms with Crippen LogP contribution < -0.4 is 10.6 Å². The van der Waals surface area contributed by atoms with Crippen molar-refractivity contribution in [3.05, 3.63) is 29.8 Å². The van der Waals surface area contributed by atoms with Crippen molar-refractivity contribution in [2.24, 2.45) is 5.73 Å². The summed E-state index contributed by atoms with van der Waals surface area (Å²) in [6.07, 6.45) is 3.16. The number of hydrogen-bond donors (Lipinski definition) is 2. The van der Waals surface area contributed by atoms with E-state index in [2.05, 4.69) is 29.2 Å². The number of rotatable bonds is 6. The minimum absolute atomic E-state index is 0.223. The van der Waals surface area contributed by atoms with Crippen LogP contribution in [-0.2, 0) is 6.54 Å². The van der Waals surface area contributed by atoms with Gasteiger partial charge in [0, 0.05) is 24.8 Å². The van der Waals surface area contributed by atoms with Gasteiger partial charge in [0.15, 0.2) is 0 Å². The summed E-state index contributed by atoms with van der Waals surface area (Å²) in [5.74, 6) is 0. The first-order valence-corrected chi connectivity index (χ1v) is 6.44. The quantitative estimate of drug-likeness (QED) is 0.790. The standard InChI is InChI=1S/C14H22N2O/c1-11(17)8-9-16(14-6-7-14)13-4-2-12(10-15)3-5-13/h2-5,11,14,17H,6-10,15H2,1H3. The second-order valence-corrected chi connectivity index (χ2v) is 4.93. The number of nitrogens with zero attached hydrogens (tertiary/aromatic N) is 1. The summed E-state index contributed by atoms with van der Waals surface area (Å²) >= 11 is 0. The molecule has 0 radical (unpaired) electrons. The van der Waals surface area contributed by atoms with Gasteiger partial charge in [0.25, 0.3) is 0 Å². The molecule has 1 aliphatic carbocycles. The van der Waals surface area contributed by atoms with Gasteiger partial charge in [-0.3, -0.25) is 0 Å². The van der Waals surface area contributed by atoms with Crippen LogP contribution in [0, 0.1) is 0 Å². The number of nitrogens with two attached hydrogens (primary N) is 1. The van der Waals surface area contributed by atoms with Gasteiger partial charge in [-0.2, -0.15) is 0 Å². The van der Waals surface area contributed by atoms with Crippen LogP contribution in [0.5, 0.6) is 0 Å². The van der Waals surface area contributed by atoms with E-state index in [1.54, 1.807) is 0 Å². The fourth-order valence-corrected chi connectivity index (χ4v) is 2.06. The summed E-state index contributed by atoms with van der Waals surface area (Å²) in [5, 5.41) is 9.39. The zero-order valence-electron chi connectivity index (χ0n) is 10.5. The molecule has 0 saturated heterocycles. The number of benzene rings is 1. The molecule has 1 aromatic carbocycles. The number of anilines is 1. The first-order valence-electron chi connectivity index (χ1n) is 6.44. The van der Waals surface area contributed by atoms with Gasteiger partial charge in [0.05, 0.1) is 6.10 Å². The van der Waals surface area contributed by atoms with Crippen LogP contribution in [0.1, 0.15) is 31.7 Å². The fraction of sp³-hybridized carbons (Fsp3) is 0.571. The van der Waals surface area contributed by atoms with Crippen molar-refractivity contribution in [3.63, 3.8) is 0 Å². The molecule has 1 fully saturated rings. The van der Waals surface area contributed by atoms with E-state index >= 15 is 0 Å². The van der Waals surface area contributed by atoms with Crippen LogP contribution in [-0.4, -0.2) is 23.8 Å². The lowest BCUT2D eigenvalue weighted by Gasteiger charge is -2.25. The van der Waals surface area contributed by atoms with Gasteiger partial charge in [-0.25, -0.2) is 0 Å². The Labute approximate surface area is 103 Å². The van der Waals surface area contributed by atoms with Crippen molar-refractivity contribution < 1.29 is 5.11 Å². The van der Waals surface area contributed by atoms with E-state index in [0.717, 1.165) is 13.0 Å². The molecule has 0 bridgehead atoms. The number of hydrogen-bond acceptors (Lipinski definition) is 3. The molecule has 94 valence electrons. The Morgan fingerprint density at radius 3 is 2.47 bits per heavy atom. The molecule has 3 nitrogen and oxygen atoms in total. The topological polar surface area (TPSA) is 49.5 Å². The van der Waals surface area contributed by atoms with E-state index in [0.29, 0.717) is 12.6 Å². The lowest BCUT2D eigenvalue weighted by molar-refractivity contribution is 0.186. The first kappa shape index (κ1) is 12.4. The van der Waals surface area contributed by atoms with Gasteiger partial charge in [-0.1, -0.05) is 12.1 Å². The monoisotopic (exact) mass is 234 g/mol. The average Bonchev–Trinajstić information content (AvgIpc) is 3.14. The van der Waals surface area contributed by atoms with Crippen molar-refractivity contribution in [2.75, 3.05) is 11.4 Å². The zero-order valence-corrected chi connectivity index (χ0v) is 10.5. The highest BCUT2D eigenvalue weighted by Gasteiger charge is 2.29. The van der Waals surface area contributed by atoms with Crippen LogP contribution in [0.3, 0.4) is 0 Å². The predicted molar refractivity (Wildman–Crippen MR) is 71.0 cm³/mol. The van der Waals surface area contributed by atoms with Crippen molar-refractivity contribution >= 4 is 5.69 Å². The third-order valence-electron chi connectivity index (χ3n) is 3.28. The molecule has 0 amide bonds. The van der Waals surface area contributed by atoms with Crippen molar-refractivity contribution in [1.29, 1.82) is 0 Å². The van der Waals surface area contributed by atoms with Crippen LogP contribution in [0.25, 0.3) is 0 Å². The third kappa shape index (κ3) is 3.45. The molecular weight excluding hydrogens is 212 g/mol. The van der Waals surface area contributed by atoms with Gasteiger partial charge >= 0.3 is 0 Å². The van der Waals surface area contributed by atoms with Crippen molar-refractivity contribution in [1.82, 2.24) is 0 Å². The summed E-state index contributed by atoms with van der Waals surface area (Å²) in [6.45, 7) is 3.38. The summed E-state index contributed by atoms with van der Waals surface area (Å²) in [4.78, 5) is 2.41.